The summed E-state index contributed by atoms with van der Waals surface area (Å²) in [5.74, 6) is 1.04. The average Bonchev–Trinajstić information content (AvgIpc) is 2.68. The summed E-state index contributed by atoms with van der Waals surface area (Å²) in [6.45, 7) is 5.25. The van der Waals surface area contributed by atoms with Gasteiger partial charge in [0.1, 0.15) is 5.75 Å². The number of methoxy groups -OCH3 is 1. The quantitative estimate of drug-likeness (QED) is 0.791. The predicted molar refractivity (Wildman–Crippen MR) is 107 cm³/mol. The van der Waals surface area contributed by atoms with E-state index in [9.17, 15) is 8.42 Å². The van der Waals surface area contributed by atoms with Crippen LogP contribution in [0, 0.1) is 12.8 Å². The Balaban J connectivity index is 1.50. The maximum Gasteiger partial charge on any atom is 0.240 e. The van der Waals surface area contributed by atoms with E-state index >= 15 is 0 Å². The third-order valence-corrected chi connectivity index (χ3v) is 6.77. The van der Waals surface area contributed by atoms with Gasteiger partial charge in [0.15, 0.2) is 0 Å². The molecule has 0 amide bonds. The molecule has 1 aliphatic heterocycles. The van der Waals surface area contributed by atoms with E-state index in [0.717, 1.165) is 32.5 Å². The minimum Gasteiger partial charge on any atom is -0.497 e. The topological polar surface area (TPSA) is 58.6 Å². The van der Waals surface area contributed by atoms with E-state index in [1.54, 1.807) is 32.2 Å². The highest BCUT2D eigenvalue weighted by atomic mass is 32.2. The normalized spacial score (nSPS) is 16.4. The molecule has 3 rings (SSSR count). The molecule has 0 unspecified atom stereocenters. The van der Waals surface area contributed by atoms with Gasteiger partial charge in [-0.3, -0.25) is 4.90 Å². The van der Waals surface area contributed by atoms with Crippen LogP contribution in [-0.4, -0.2) is 40.1 Å². The summed E-state index contributed by atoms with van der Waals surface area (Å²) in [4.78, 5) is 2.76. The maximum atomic E-state index is 12.6. The van der Waals surface area contributed by atoms with Crippen molar-refractivity contribution in [1.82, 2.24) is 9.62 Å². The second-order valence-electron chi connectivity index (χ2n) is 7.19. The lowest BCUT2D eigenvalue weighted by Gasteiger charge is -2.32. The van der Waals surface area contributed by atoms with E-state index in [1.807, 2.05) is 6.07 Å². The number of piperidine rings is 1. The number of ether oxygens (including phenoxy) is 1. The molecule has 146 valence electrons. The van der Waals surface area contributed by atoms with Gasteiger partial charge in [-0.15, -0.1) is 0 Å². The molecule has 5 nitrogen and oxygen atoms in total. The summed E-state index contributed by atoms with van der Waals surface area (Å²) in [6, 6.07) is 15.5. The highest BCUT2D eigenvalue weighted by Crippen LogP contribution is 2.22. The van der Waals surface area contributed by atoms with Crippen molar-refractivity contribution in [1.29, 1.82) is 0 Å². The van der Waals surface area contributed by atoms with Crippen molar-refractivity contribution in [3.63, 3.8) is 0 Å². The third kappa shape index (κ3) is 5.31. The molecule has 1 heterocycles. The van der Waals surface area contributed by atoms with Gasteiger partial charge in [0.2, 0.25) is 10.0 Å². The molecule has 1 saturated heterocycles. The molecule has 0 saturated carbocycles. The maximum absolute atomic E-state index is 12.6. The van der Waals surface area contributed by atoms with Crippen LogP contribution in [0.5, 0.6) is 5.75 Å². The Morgan fingerprint density at radius 1 is 1.11 bits per heavy atom. The molecular formula is C21H28N2O3S. The van der Waals surface area contributed by atoms with E-state index < -0.39 is 10.0 Å². The third-order valence-electron chi connectivity index (χ3n) is 5.19. The van der Waals surface area contributed by atoms with E-state index in [2.05, 4.69) is 33.9 Å². The van der Waals surface area contributed by atoms with E-state index in [-0.39, 0.29) is 0 Å². The zero-order valence-electron chi connectivity index (χ0n) is 16.0. The fourth-order valence-corrected chi connectivity index (χ4v) is 4.89. The van der Waals surface area contributed by atoms with Crippen LogP contribution < -0.4 is 9.46 Å². The smallest absolute Gasteiger partial charge is 0.240 e. The molecule has 1 N–H and O–H groups in total. The van der Waals surface area contributed by atoms with Crippen LogP contribution in [0.25, 0.3) is 0 Å². The second kappa shape index (κ2) is 8.87. The lowest BCUT2D eigenvalue weighted by atomic mass is 9.97. The summed E-state index contributed by atoms with van der Waals surface area (Å²) >= 11 is 0. The van der Waals surface area contributed by atoms with Crippen LogP contribution in [0.1, 0.15) is 24.0 Å². The summed E-state index contributed by atoms with van der Waals surface area (Å²) in [5, 5.41) is 0. The molecular weight excluding hydrogens is 360 g/mol. The summed E-state index contributed by atoms with van der Waals surface area (Å²) < 4.78 is 33.2. The van der Waals surface area contributed by atoms with Crippen LogP contribution >= 0.6 is 0 Å². The van der Waals surface area contributed by atoms with Crippen molar-refractivity contribution in [2.24, 2.45) is 5.92 Å². The van der Waals surface area contributed by atoms with Gasteiger partial charge in [-0.05, 0) is 68.1 Å². The Kier molecular flexibility index (Phi) is 6.52. The first-order chi connectivity index (χ1) is 13.0. The molecule has 0 spiro atoms. The lowest BCUT2D eigenvalue weighted by Crippen LogP contribution is -2.38. The summed E-state index contributed by atoms with van der Waals surface area (Å²) in [5.41, 5.74) is 2.02. The van der Waals surface area contributed by atoms with E-state index in [0.29, 0.717) is 28.7 Å². The predicted octanol–water partition coefficient (Wildman–Crippen LogP) is 3.19. The SMILES string of the molecule is COc1ccc(S(=O)(=O)NCC2CCN(Cc3ccccc3)CC2)c(C)c1. The summed E-state index contributed by atoms with van der Waals surface area (Å²) in [7, 11) is -1.92. The summed E-state index contributed by atoms with van der Waals surface area (Å²) in [6.07, 6.45) is 2.02. The van der Waals surface area contributed by atoms with Gasteiger partial charge in [-0.2, -0.15) is 0 Å². The monoisotopic (exact) mass is 388 g/mol. The highest BCUT2D eigenvalue weighted by molar-refractivity contribution is 7.89. The largest absolute Gasteiger partial charge is 0.497 e. The number of rotatable bonds is 7. The van der Waals surface area contributed by atoms with Gasteiger partial charge < -0.3 is 4.74 Å². The molecule has 0 radical (unpaired) electrons. The number of hydrogen-bond acceptors (Lipinski definition) is 4. The molecule has 2 aromatic carbocycles. The van der Waals surface area contributed by atoms with Gasteiger partial charge in [-0.25, -0.2) is 13.1 Å². The Hall–Kier alpha value is -1.89. The fraction of sp³-hybridized carbons (Fsp3) is 0.429. The fourth-order valence-electron chi connectivity index (χ4n) is 3.55. The number of nitrogens with zero attached hydrogens (tertiary/aromatic N) is 1. The molecule has 0 aromatic heterocycles. The molecule has 0 atom stereocenters. The van der Waals surface area contributed by atoms with Gasteiger partial charge in [-0.1, -0.05) is 30.3 Å². The van der Waals surface area contributed by atoms with Gasteiger partial charge in [0.05, 0.1) is 12.0 Å². The number of sulfonamides is 1. The zero-order chi connectivity index (χ0) is 19.3. The van der Waals surface area contributed by atoms with Crippen LogP contribution in [-0.2, 0) is 16.6 Å². The van der Waals surface area contributed by atoms with E-state index in [4.69, 9.17) is 4.74 Å². The average molecular weight is 389 g/mol. The van der Waals surface area contributed by atoms with Crippen LogP contribution in [0.2, 0.25) is 0 Å². The first-order valence-corrected chi connectivity index (χ1v) is 10.9. The molecule has 27 heavy (non-hydrogen) atoms. The Bertz CT molecular complexity index is 845. The van der Waals surface area contributed by atoms with Gasteiger partial charge in [0.25, 0.3) is 0 Å². The van der Waals surface area contributed by atoms with Gasteiger partial charge in [0, 0.05) is 13.1 Å². The Labute approximate surface area is 162 Å². The van der Waals surface area contributed by atoms with Crippen molar-refractivity contribution < 1.29 is 13.2 Å². The molecule has 6 heteroatoms. The second-order valence-corrected chi connectivity index (χ2v) is 8.92. The lowest BCUT2D eigenvalue weighted by molar-refractivity contribution is 0.178. The van der Waals surface area contributed by atoms with Crippen molar-refractivity contribution in [3.05, 3.63) is 59.7 Å². The molecule has 1 fully saturated rings. The number of hydrogen-bond donors (Lipinski definition) is 1. The highest BCUT2D eigenvalue weighted by Gasteiger charge is 2.23. The number of benzene rings is 2. The van der Waals surface area contributed by atoms with Gasteiger partial charge >= 0.3 is 0 Å². The molecule has 2 aromatic rings. The Morgan fingerprint density at radius 2 is 1.81 bits per heavy atom. The standard InChI is InChI=1S/C21H28N2O3S/c1-17-14-20(26-2)8-9-21(17)27(24,25)22-15-18-10-12-23(13-11-18)16-19-6-4-3-5-7-19/h3-9,14,18,22H,10-13,15-16H2,1-2H3. The van der Waals surface area contributed by atoms with Crippen molar-refractivity contribution in [2.45, 2.75) is 31.2 Å². The van der Waals surface area contributed by atoms with Crippen LogP contribution in [0.3, 0.4) is 0 Å². The molecule has 0 bridgehead atoms. The molecule has 1 aliphatic rings. The van der Waals surface area contributed by atoms with Crippen molar-refractivity contribution >= 4 is 10.0 Å². The molecule has 0 aliphatic carbocycles. The zero-order valence-corrected chi connectivity index (χ0v) is 16.8. The van der Waals surface area contributed by atoms with Crippen LogP contribution in [0.4, 0.5) is 0 Å². The number of likely N-dealkylation sites (tertiary alicyclic amines) is 1. The minimum atomic E-state index is -3.50. The number of nitrogens with one attached hydrogen (secondary N) is 1. The first-order valence-electron chi connectivity index (χ1n) is 9.38. The Morgan fingerprint density at radius 3 is 2.44 bits per heavy atom. The number of aryl methyl sites for hydroxylation is 1. The van der Waals surface area contributed by atoms with Crippen molar-refractivity contribution in [3.8, 4) is 5.75 Å². The van der Waals surface area contributed by atoms with Crippen molar-refractivity contribution in [2.75, 3.05) is 26.7 Å². The van der Waals surface area contributed by atoms with Crippen LogP contribution in [0.15, 0.2) is 53.4 Å². The van der Waals surface area contributed by atoms with E-state index in [1.165, 1.54) is 5.56 Å². The minimum absolute atomic E-state index is 0.324. The first kappa shape index (κ1) is 19.9.